The van der Waals surface area contributed by atoms with Gasteiger partial charge in [0.2, 0.25) is 0 Å². The van der Waals surface area contributed by atoms with E-state index in [-0.39, 0.29) is 18.9 Å². The molecule has 0 radical (unpaired) electrons. The van der Waals surface area contributed by atoms with Gasteiger partial charge < -0.3 is 9.80 Å². The van der Waals surface area contributed by atoms with Crippen molar-refractivity contribution in [2.75, 3.05) is 38.0 Å². The molecule has 0 amide bonds. The first-order valence-corrected chi connectivity index (χ1v) is 3.98. The van der Waals surface area contributed by atoms with Crippen LogP contribution in [-0.2, 0) is 0 Å². The zero-order valence-electron chi connectivity index (χ0n) is 9.13. The molecule has 0 unspecified atom stereocenters. The fraction of sp³-hybridized carbons (Fsp3) is 0.400. The molecular weight excluding hydrogens is 155 g/mol. The summed E-state index contributed by atoms with van der Waals surface area (Å²) in [7, 11) is 8.08. The van der Waals surface area contributed by atoms with Gasteiger partial charge in [0.15, 0.2) is 0 Å². The Morgan fingerprint density at radius 3 is 1.62 bits per heavy atom. The van der Waals surface area contributed by atoms with Gasteiger partial charge in [-0.1, -0.05) is 11.4 Å². The monoisotopic (exact) mass is 170 g/mol. The average Bonchev–Trinajstić information content (AvgIpc) is 2.04. The molecule has 66 valence electrons. The summed E-state index contributed by atoms with van der Waals surface area (Å²) < 4.78 is 0. The Bertz CT molecular complexity index is 236. The topological polar surface area (TPSA) is 6.48 Å². The van der Waals surface area contributed by atoms with E-state index in [0.29, 0.717) is 0 Å². The first-order chi connectivity index (χ1) is 5.61. The minimum atomic E-state index is 0. The Labute approximate surface area is 92.7 Å². The molecule has 1 rings (SSSR count). The van der Waals surface area contributed by atoms with Crippen molar-refractivity contribution in [2.24, 2.45) is 0 Å². The second-order valence-electron chi connectivity index (χ2n) is 3.21. The second kappa shape index (κ2) is 5.21. The largest absolute Gasteiger partial charge is 1.00 e. The van der Waals surface area contributed by atoms with Gasteiger partial charge in [-0.15, -0.1) is 18.2 Å². The third kappa shape index (κ3) is 3.34. The number of hydrogen-bond acceptors (Lipinski definition) is 2. The SMILES string of the molecule is CN(C)c1[c-]c(N(C)C)ccc1.[Li+]. The molecule has 0 bridgehead atoms. The standard InChI is InChI=1S/C10H15N2.Li/c1-11(2)9-6-5-7-10(8-9)12(3)4;/h5-7H,1-4H3;/q-1;+1. The first-order valence-electron chi connectivity index (χ1n) is 3.98. The Morgan fingerprint density at radius 2 is 1.31 bits per heavy atom. The molecule has 13 heavy (non-hydrogen) atoms. The first kappa shape index (κ1) is 12.4. The second-order valence-corrected chi connectivity index (χ2v) is 3.21. The van der Waals surface area contributed by atoms with Gasteiger partial charge in [-0.25, -0.2) is 0 Å². The maximum absolute atomic E-state index is 3.30. The predicted molar refractivity (Wildman–Crippen MR) is 53.9 cm³/mol. The van der Waals surface area contributed by atoms with Crippen LogP contribution in [0.15, 0.2) is 18.2 Å². The van der Waals surface area contributed by atoms with Gasteiger partial charge in [-0.05, 0) is 0 Å². The van der Waals surface area contributed by atoms with Crippen molar-refractivity contribution in [2.45, 2.75) is 0 Å². The smallest absolute Gasteiger partial charge is 0.400 e. The zero-order valence-corrected chi connectivity index (χ0v) is 9.13. The molecule has 0 saturated heterocycles. The van der Waals surface area contributed by atoms with Crippen LogP contribution in [0, 0.1) is 6.07 Å². The molecule has 0 fully saturated rings. The zero-order chi connectivity index (χ0) is 9.14. The van der Waals surface area contributed by atoms with Gasteiger partial charge in [0, 0.05) is 28.2 Å². The van der Waals surface area contributed by atoms with Gasteiger partial charge in [0.25, 0.3) is 0 Å². The third-order valence-corrected chi connectivity index (χ3v) is 1.73. The molecule has 0 spiro atoms. The number of anilines is 2. The molecule has 0 aromatic heterocycles. The van der Waals surface area contributed by atoms with Crippen molar-refractivity contribution < 1.29 is 18.9 Å². The van der Waals surface area contributed by atoms with Crippen molar-refractivity contribution in [3.63, 3.8) is 0 Å². The van der Waals surface area contributed by atoms with E-state index >= 15 is 0 Å². The quantitative estimate of drug-likeness (QED) is 0.399. The van der Waals surface area contributed by atoms with Crippen molar-refractivity contribution in [3.8, 4) is 0 Å². The fourth-order valence-electron chi connectivity index (χ4n) is 0.967. The molecule has 1 aromatic rings. The fourth-order valence-corrected chi connectivity index (χ4v) is 0.967. The van der Waals surface area contributed by atoms with Crippen LogP contribution >= 0.6 is 0 Å². The molecule has 0 N–H and O–H groups in total. The summed E-state index contributed by atoms with van der Waals surface area (Å²) in [6.45, 7) is 0. The molecule has 3 heteroatoms. The van der Waals surface area contributed by atoms with E-state index in [1.807, 2.05) is 56.2 Å². The molecule has 0 aliphatic carbocycles. The van der Waals surface area contributed by atoms with E-state index in [1.165, 1.54) is 0 Å². The van der Waals surface area contributed by atoms with Crippen molar-refractivity contribution >= 4 is 11.4 Å². The number of benzene rings is 1. The van der Waals surface area contributed by atoms with Crippen LogP contribution in [0.1, 0.15) is 0 Å². The van der Waals surface area contributed by atoms with E-state index < -0.39 is 0 Å². The molecule has 0 atom stereocenters. The average molecular weight is 170 g/mol. The van der Waals surface area contributed by atoms with Crippen molar-refractivity contribution in [1.82, 2.24) is 0 Å². The van der Waals surface area contributed by atoms with Crippen LogP contribution in [0.5, 0.6) is 0 Å². The van der Waals surface area contributed by atoms with Gasteiger partial charge in [0.1, 0.15) is 0 Å². The van der Waals surface area contributed by atoms with E-state index in [4.69, 9.17) is 0 Å². The number of nitrogens with zero attached hydrogens (tertiary/aromatic N) is 2. The molecule has 0 heterocycles. The van der Waals surface area contributed by atoms with Crippen LogP contribution in [0.3, 0.4) is 0 Å². The predicted octanol–water partition coefficient (Wildman–Crippen LogP) is -1.38. The normalized spacial score (nSPS) is 8.92. The molecule has 0 aliphatic rings. The van der Waals surface area contributed by atoms with Gasteiger partial charge in [-0.2, -0.15) is 6.07 Å². The minimum Gasteiger partial charge on any atom is -0.400 e. The van der Waals surface area contributed by atoms with Crippen molar-refractivity contribution in [3.05, 3.63) is 24.3 Å². The summed E-state index contributed by atoms with van der Waals surface area (Å²) in [6, 6.07) is 9.44. The minimum absolute atomic E-state index is 0. The maximum Gasteiger partial charge on any atom is 1.00 e. The number of hydrogen-bond donors (Lipinski definition) is 0. The van der Waals surface area contributed by atoms with E-state index in [2.05, 4.69) is 6.07 Å². The number of rotatable bonds is 2. The van der Waals surface area contributed by atoms with E-state index in [1.54, 1.807) is 0 Å². The summed E-state index contributed by atoms with van der Waals surface area (Å²) in [5, 5.41) is 0. The van der Waals surface area contributed by atoms with Crippen LogP contribution in [0.25, 0.3) is 0 Å². The summed E-state index contributed by atoms with van der Waals surface area (Å²) in [4.78, 5) is 4.10. The van der Waals surface area contributed by atoms with Crippen LogP contribution in [-0.4, -0.2) is 28.2 Å². The van der Waals surface area contributed by atoms with Crippen LogP contribution in [0.2, 0.25) is 0 Å². The van der Waals surface area contributed by atoms with Gasteiger partial charge in [0.05, 0.1) is 0 Å². The van der Waals surface area contributed by atoms with E-state index in [0.717, 1.165) is 11.4 Å². The van der Waals surface area contributed by atoms with Crippen LogP contribution < -0.4 is 28.7 Å². The molecular formula is C10H15LiN2. The third-order valence-electron chi connectivity index (χ3n) is 1.73. The van der Waals surface area contributed by atoms with Crippen molar-refractivity contribution in [1.29, 1.82) is 0 Å². The summed E-state index contributed by atoms with van der Waals surface area (Å²) in [5.41, 5.74) is 2.22. The molecule has 2 nitrogen and oxygen atoms in total. The Hall–Kier alpha value is -0.583. The Balaban J connectivity index is 0.00000144. The Kier molecular flexibility index (Phi) is 4.98. The maximum atomic E-state index is 3.30. The summed E-state index contributed by atoms with van der Waals surface area (Å²) in [5.74, 6) is 0. The summed E-state index contributed by atoms with van der Waals surface area (Å²) >= 11 is 0. The van der Waals surface area contributed by atoms with Gasteiger partial charge >= 0.3 is 18.9 Å². The molecule has 0 aliphatic heterocycles. The van der Waals surface area contributed by atoms with Crippen LogP contribution in [0.4, 0.5) is 11.4 Å². The summed E-state index contributed by atoms with van der Waals surface area (Å²) in [6.07, 6.45) is 0. The molecule has 0 saturated carbocycles. The van der Waals surface area contributed by atoms with Gasteiger partial charge in [-0.3, -0.25) is 0 Å². The van der Waals surface area contributed by atoms with E-state index in [9.17, 15) is 0 Å². The molecule has 1 aromatic carbocycles. The Morgan fingerprint density at radius 1 is 0.923 bits per heavy atom.